The Balaban J connectivity index is 0.000000161. The lowest BCUT2D eigenvalue weighted by Crippen LogP contribution is -2.50. The SMILES string of the molecule is CC1(C(=O)Cl)COC(=O)OC1.CC1(C)OCC([C@H]2O[C@@H]3OC(C)(C)O[C@@H]3[C@H]2O)O1.CC1(C)OCC([C@H]2O[C@@H]3OC(C)(C)O[C@@H]3[C@H]2OC(=O)C2(C)COC(=O)OC2)O1. The highest BCUT2D eigenvalue weighted by Gasteiger charge is 2.61. The molecule has 0 radical (unpaired) electrons. The zero-order chi connectivity index (χ0) is 41.9. The third kappa shape index (κ3) is 9.95. The molecule has 2 unspecified atom stereocenters. The van der Waals surface area contributed by atoms with Gasteiger partial charge in [-0.25, -0.2) is 9.59 Å². The molecule has 0 aromatic carbocycles. The van der Waals surface area contributed by atoms with Crippen LogP contribution in [0.5, 0.6) is 0 Å². The van der Waals surface area contributed by atoms with Crippen molar-refractivity contribution in [1.82, 2.24) is 0 Å². The molecule has 0 spiro atoms. The number of rotatable bonds is 5. The summed E-state index contributed by atoms with van der Waals surface area (Å²) in [6, 6.07) is 0. The van der Waals surface area contributed by atoms with Crippen LogP contribution in [0.1, 0.15) is 69.2 Å². The van der Waals surface area contributed by atoms with Gasteiger partial charge in [0.25, 0.3) is 0 Å². The highest BCUT2D eigenvalue weighted by Crippen LogP contribution is 2.43. The lowest BCUT2D eigenvalue weighted by molar-refractivity contribution is -0.237. The van der Waals surface area contributed by atoms with Crippen LogP contribution in [-0.4, -0.2) is 153 Å². The summed E-state index contributed by atoms with van der Waals surface area (Å²) in [4.78, 5) is 45.1. The molecule has 0 saturated carbocycles. The Bertz CT molecular complexity index is 1510. The zero-order valence-electron chi connectivity index (χ0n) is 33.6. The number of aliphatic hydroxyl groups excluding tert-OH is 1. The Kier molecular flexibility index (Phi) is 12.3. The van der Waals surface area contributed by atoms with E-state index in [2.05, 4.69) is 9.47 Å². The van der Waals surface area contributed by atoms with Crippen molar-refractivity contribution in [2.75, 3.05) is 39.6 Å². The van der Waals surface area contributed by atoms with E-state index in [-0.39, 0.29) is 39.1 Å². The topological polar surface area (TPSA) is 227 Å². The molecule has 0 aliphatic carbocycles. The Morgan fingerprint density at radius 3 is 1.44 bits per heavy atom. The normalized spacial score (nSPS) is 39.7. The van der Waals surface area contributed by atoms with E-state index in [9.17, 15) is 24.3 Å². The molecule has 8 rings (SSSR count). The van der Waals surface area contributed by atoms with Gasteiger partial charge in [0.2, 0.25) is 5.24 Å². The molecule has 21 heteroatoms. The van der Waals surface area contributed by atoms with E-state index in [1.807, 2.05) is 13.8 Å². The molecule has 10 atom stereocenters. The van der Waals surface area contributed by atoms with Crippen LogP contribution in [0.4, 0.5) is 9.59 Å². The maximum Gasteiger partial charge on any atom is 0.508 e. The summed E-state index contributed by atoms with van der Waals surface area (Å²) in [7, 11) is 0. The van der Waals surface area contributed by atoms with E-state index in [4.69, 9.17) is 73.2 Å². The second kappa shape index (κ2) is 15.9. The molecule has 20 nitrogen and oxygen atoms in total. The smallest absolute Gasteiger partial charge is 0.456 e. The number of ether oxygens (including phenoxy) is 15. The van der Waals surface area contributed by atoms with Crippen LogP contribution in [-0.2, 0) is 80.6 Å². The van der Waals surface area contributed by atoms with Gasteiger partial charge in [0.05, 0.1) is 13.2 Å². The predicted molar refractivity (Wildman–Crippen MR) is 185 cm³/mol. The molecule has 8 aliphatic rings. The summed E-state index contributed by atoms with van der Waals surface area (Å²) >= 11 is 5.24. The molecule has 8 heterocycles. The van der Waals surface area contributed by atoms with Crippen molar-refractivity contribution in [1.29, 1.82) is 0 Å². The first-order valence-electron chi connectivity index (χ1n) is 18.6. The van der Waals surface area contributed by atoms with E-state index < -0.39 is 113 Å². The van der Waals surface area contributed by atoms with Crippen molar-refractivity contribution < 1.29 is 95.3 Å². The standard InChI is InChI=1S/C18H26O10.C12H20O6.C6H7ClO4/c1-16(2)23-6-9(26-16)10-11(12-13(24-10)28-17(3,4)27-12)25-14(19)18(5)7-21-15(20)22-8-18;1-11(2)14-5-6(16-11)8-7(13)9-10(15-8)18-12(3,4)17-9;1-6(4(7)8)2-10-5(9)11-3-6/h9-13H,6-8H2,1-5H3;6-10,13H,5H2,1-4H3;2-3H2,1H3/t9?,10-,11+,12-,13-;6?,7-,8+,9+,10+;/m10./s1. The largest absolute Gasteiger partial charge is 0.508 e. The minimum atomic E-state index is -1.13. The summed E-state index contributed by atoms with van der Waals surface area (Å²) in [5, 5.41) is 9.71. The summed E-state index contributed by atoms with van der Waals surface area (Å²) in [6.45, 7) is 18.0. The lowest BCUT2D eigenvalue weighted by Gasteiger charge is -2.33. The van der Waals surface area contributed by atoms with Crippen LogP contribution in [0.2, 0.25) is 0 Å². The molecule has 57 heavy (non-hydrogen) atoms. The number of carbonyl (C=O) groups is 4. The third-order valence-corrected chi connectivity index (χ3v) is 10.6. The number of cyclic esters (lactones) is 4. The fourth-order valence-corrected chi connectivity index (χ4v) is 7.16. The summed E-state index contributed by atoms with van der Waals surface area (Å²) in [5.74, 6) is -3.56. The van der Waals surface area contributed by atoms with Crippen molar-refractivity contribution >= 4 is 35.1 Å². The summed E-state index contributed by atoms with van der Waals surface area (Å²) in [6.07, 6.45) is -7.27. The van der Waals surface area contributed by atoms with Gasteiger partial charge in [0.1, 0.15) is 73.9 Å². The molecular weight excluding hydrogens is 788 g/mol. The van der Waals surface area contributed by atoms with Gasteiger partial charge in [0, 0.05) is 0 Å². The van der Waals surface area contributed by atoms with E-state index >= 15 is 0 Å². The molecule has 0 aromatic heterocycles. The molecule has 0 bridgehead atoms. The third-order valence-electron chi connectivity index (χ3n) is 10.1. The van der Waals surface area contributed by atoms with Crippen LogP contribution in [0.3, 0.4) is 0 Å². The number of hydrogen-bond donors (Lipinski definition) is 1. The second-order valence-corrected chi connectivity index (χ2v) is 17.6. The average molecular weight is 841 g/mol. The van der Waals surface area contributed by atoms with Gasteiger partial charge < -0.3 is 76.2 Å². The molecular formula is C36H53ClO20. The first-order valence-corrected chi connectivity index (χ1v) is 19.0. The first kappa shape index (κ1) is 44.1. The van der Waals surface area contributed by atoms with Crippen LogP contribution >= 0.6 is 11.6 Å². The maximum absolute atomic E-state index is 12.9. The molecule has 0 aromatic rings. The highest BCUT2D eigenvalue weighted by molar-refractivity contribution is 6.64. The van der Waals surface area contributed by atoms with Crippen molar-refractivity contribution in [2.24, 2.45) is 10.8 Å². The van der Waals surface area contributed by atoms with Crippen molar-refractivity contribution in [3.63, 3.8) is 0 Å². The number of carbonyl (C=O) groups excluding carboxylic acids is 4. The number of fused-ring (bicyclic) bond motifs is 2. The summed E-state index contributed by atoms with van der Waals surface area (Å²) in [5.41, 5.74) is -2.01. The van der Waals surface area contributed by atoms with Gasteiger partial charge in [0.15, 0.2) is 47.9 Å². The number of esters is 1. The molecule has 0 amide bonds. The van der Waals surface area contributed by atoms with Gasteiger partial charge in [-0.1, -0.05) is 0 Å². The highest BCUT2D eigenvalue weighted by atomic mass is 35.5. The van der Waals surface area contributed by atoms with E-state index in [1.165, 1.54) is 0 Å². The Morgan fingerprint density at radius 2 is 1.00 bits per heavy atom. The monoisotopic (exact) mass is 840 g/mol. The molecule has 8 aliphatic heterocycles. The molecule has 1 N–H and O–H groups in total. The second-order valence-electron chi connectivity index (χ2n) is 17.3. The summed E-state index contributed by atoms with van der Waals surface area (Å²) < 4.78 is 81.9. The number of halogens is 1. The van der Waals surface area contributed by atoms with E-state index in [0.29, 0.717) is 6.61 Å². The van der Waals surface area contributed by atoms with Gasteiger partial charge in [-0.3, -0.25) is 9.59 Å². The predicted octanol–water partition coefficient (Wildman–Crippen LogP) is 2.40. The van der Waals surface area contributed by atoms with Crippen molar-refractivity contribution in [2.45, 2.75) is 154 Å². The van der Waals surface area contributed by atoms with Gasteiger partial charge in [-0.05, 0) is 80.8 Å². The van der Waals surface area contributed by atoms with Crippen molar-refractivity contribution in [3.8, 4) is 0 Å². The molecule has 324 valence electrons. The van der Waals surface area contributed by atoms with Gasteiger partial charge >= 0.3 is 18.3 Å². The number of aliphatic hydroxyl groups is 1. The van der Waals surface area contributed by atoms with E-state index in [1.54, 1.807) is 55.4 Å². The first-order chi connectivity index (χ1) is 26.3. The Labute approximate surface area is 334 Å². The molecule has 8 saturated heterocycles. The van der Waals surface area contributed by atoms with Gasteiger partial charge in [-0.2, -0.15) is 0 Å². The minimum Gasteiger partial charge on any atom is -0.456 e. The van der Waals surface area contributed by atoms with Crippen LogP contribution in [0.25, 0.3) is 0 Å². The number of hydrogen-bond acceptors (Lipinski definition) is 20. The lowest BCUT2D eigenvalue weighted by atomic mass is 9.92. The molecule has 8 fully saturated rings. The zero-order valence-corrected chi connectivity index (χ0v) is 34.4. The Morgan fingerprint density at radius 1 is 0.579 bits per heavy atom. The fraction of sp³-hybridized carbons (Fsp3) is 0.889. The van der Waals surface area contributed by atoms with Crippen molar-refractivity contribution in [3.05, 3.63) is 0 Å². The minimum absolute atomic E-state index is 0.00579. The van der Waals surface area contributed by atoms with Crippen LogP contribution < -0.4 is 0 Å². The Hall–Kier alpha value is -2.47. The van der Waals surface area contributed by atoms with Crippen LogP contribution in [0, 0.1) is 10.8 Å². The van der Waals surface area contributed by atoms with Crippen LogP contribution in [0.15, 0.2) is 0 Å². The average Bonchev–Trinajstić information content (AvgIpc) is 3.93. The van der Waals surface area contributed by atoms with E-state index in [0.717, 1.165) is 0 Å². The fourth-order valence-electron chi connectivity index (χ4n) is 7.05. The maximum atomic E-state index is 12.9. The van der Waals surface area contributed by atoms with Gasteiger partial charge in [-0.15, -0.1) is 0 Å². The quantitative estimate of drug-likeness (QED) is 0.238.